The van der Waals surface area contributed by atoms with Crippen LogP contribution in [0.3, 0.4) is 0 Å². The van der Waals surface area contributed by atoms with Crippen molar-refractivity contribution in [3.63, 3.8) is 0 Å². The molecule has 0 radical (unpaired) electrons. The summed E-state index contributed by atoms with van der Waals surface area (Å²) in [5.74, 6) is -0.872. The van der Waals surface area contributed by atoms with Gasteiger partial charge in [-0.05, 0) is 83.5 Å². The fourth-order valence-electron chi connectivity index (χ4n) is 10.3. The van der Waals surface area contributed by atoms with E-state index in [-0.39, 0.29) is 31.1 Å². The molecule has 0 amide bonds. The van der Waals surface area contributed by atoms with E-state index in [2.05, 4.69) is 81.5 Å². The summed E-state index contributed by atoms with van der Waals surface area (Å²) in [5.41, 5.74) is 0. The van der Waals surface area contributed by atoms with E-state index in [1.54, 1.807) is 0 Å². The van der Waals surface area contributed by atoms with Crippen LogP contribution < -0.4 is 0 Å². The van der Waals surface area contributed by atoms with Crippen molar-refractivity contribution in [2.24, 2.45) is 0 Å². The summed E-state index contributed by atoms with van der Waals surface area (Å²) in [6.07, 6.45) is 86.8. The molecule has 0 fully saturated rings. The third-order valence-corrected chi connectivity index (χ3v) is 15.5. The molecule has 0 rings (SSSR count). The second-order valence-corrected chi connectivity index (χ2v) is 23.4. The predicted octanol–water partition coefficient (Wildman–Crippen LogP) is 23.9. The summed E-state index contributed by atoms with van der Waals surface area (Å²) in [6, 6.07) is 0. The average molecular weight is 1110 g/mol. The molecule has 6 nitrogen and oxygen atoms in total. The van der Waals surface area contributed by atoms with Gasteiger partial charge in [-0.2, -0.15) is 0 Å². The molecule has 0 aromatic heterocycles. The van der Waals surface area contributed by atoms with Crippen molar-refractivity contribution >= 4 is 17.9 Å². The van der Waals surface area contributed by atoms with Crippen molar-refractivity contribution in [2.75, 3.05) is 13.2 Å². The molecule has 0 spiro atoms. The highest BCUT2D eigenvalue weighted by Gasteiger charge is 2.19. The molecule has 0 N–H and O–H groups in total. The van der Waals surface area contributed by atoms with Crippen LogP contribution in [0, 0.1) is 0 Å². The molecule has 0 aliphatic rings. The van der Waals surface area contributed by atoms with Gasteiger partial charge in [0.2, 0.25) is 0 Å². The lowest BCUT2D eigenvalue weighted by Gasteiger charge is -2.18. The zero-order valence-corrected chi connectivity index (χ0v) is 52.9. The molecule has 0 bridgehead atoms. The Balaban J connectivity index is 4.24. The van der Waals surface area contributed by atoms with Gasteiger partial charge in [0, 0.05) is 19.3 Å². The van der Waals surface area contributed by atoms with Gasteiger partial charge in [0.15, 0.2) is 6.10 Å². The molecule has 0 aliphatic carbocycles. The highest BCUT2D eigenvalue weighted by atomic mass is 16.6. The summed E-state index contributed by atoms with van der Waals surface area (Å²) in [7, 11) is 0. The fourth-order valence-corrected chi connectivity index (χ4v) is 10.3. The topological polar surface area (TPSA) is 78.9 Å². The highest BCUT2D eigenvalue weighted by molar-refractivity contribution is 5.71. The number of carbonyl (C=O) groups excluding carboxylic acids is 3. The minimum Gasteiger partial charge on any atom is -0.462 e. The normalized spacial score (nSPS) is 12.4. The second-order valence-electron chi connectivity index (χ2n) is 23.4. The Labute approximate surface area is 491 Å². The van der Waals surface area contributed by atoms with Crippen molar-refractivity contribution in [2.45, 2.75) is 374 Å². The maximum absolute atomic E-state index is 12.9. The Kier molecular flexibility index (Phi) is 65.1. The van der Waals surface area contributed by atoms with Crippen molar-refractivity contribution < 1.29 is 28.6 Å². The van der Waals surface area contributed by atoms with Crippen molar-refractivity contribution in [1.29, 1.82) is 0 Å². The second kappa shape index (κ2) is 67.6. The smallest absolute Gasteiger partial charge is 0.306 e. The molecule has 79 heavy (non-hydrogen) atoms. The molecule has 0 heterocycles. The van der Waals surface area contributed by atoms with E-state index in [1.165, 1.54) is 231 Å². The number of allylic oxidation sites excluding steroid dienone is 10. The Bertz CT molecular complexity index is 1410. The molecule has 0 aromatic carbocycles. The third-order valence-electron chi connectivity index (χ3n) is 15.5. The van der Waals surface area contributed by atoms with Gasteiger partial charge in [-0.15, -0.1) is 0 Å². The third kappa shape index (κ3) is 65.8. The van der Waals surface area contributed by atoms with Crippen LogP contribution >= 0.6 is 0 Å². The van der Waals surface area contributed by atoms with Gasteiger partial charge in [-0.3, -0.25) is 14.4 Å². The molecule has 0 saturated carbocycles. The van der Waals surface area contributed by atoms with Crippen LogP contribution in [-0.4, -0.2) is 37.2 Å². The Morgan fingerprint density at radius 1 is 0.266 bits per heavy atom. The Morgan fingerprint density at radius 2 is 0.494 bits per heavy atom. The van der Waals surface area contributed by atoms with Crippen LogP contribution in [0.5, 0.6) is 0 Å². The predicted molar refractivity (Wildman–Crippen MR) is 344 cm³/mol. The van der Waals surface area contributed by atoms with Crippen LogP contribution in [0.25, 0.3) is 0 Å². The van der Waals surface area contributed by atoms with E-state index in [9.17, 15) is 14.4 Å². The van der Waals surface area contributed by atoms with Gasteiger partial charge < -0.3 is 14.2 Å². The van der Waals surface area contributed by atoms with Gasteiger partial charge in [0.1, 0.15) is 13.2 Å². The number of rotatable bonds is 64. The van der Waals surface area contributed by atoms with E-state index in [1.807, 2.05) is 0 Å². The minimum absolute atomic E-state index is 0.0766. The van der Waals surface area contributed by atoms with Gasteiger partial charge >= 0.3 is 17.9 Å². The summed E-state index contributed by atoms with van der Waals surface area (Å²) in [6.45, 7) is 6.56. The van der Waals surface area contributed by atoms with E-state index in [4.69, 9.17) is 14.2 Å². The molecule has 6 heteroatoms. The molecule has 0 aliphatic heterocycles. The standard InChI is InChI=1S/C73H132O6/c1-4-7-10-13-16-19-22-25-27-29-31-33-34-35-36-37-38-40-41-43-45-48-51-54-57-60-63-66-72(75)78-69-70(68-77-71(74)65-62-59-56-53-50-47-24-21-18-15-12-9-6-3)79-73(76)67-64-61-58-55-52-49-46-44-42-39-32-30-28-26-23-20-17-14-11-8-5-2/h8,11,17,20-21,24,26,28,32,39,70H,4-7,9-10,12-16,18-19,22-23,25,27,29-31,33-38,40-69H2,1-3H3/b11-8-,20-17-,24-21-,28-26-,39-32-. The number of esters is 3. The van der Waals surface area contributed by atoms with E-state index >= 15 is 0 Å². The average Bonchev–Trinajstić information content (AvgIpc) is 3.45. The number of carbonyl (C=O) groups is 3. The molecular formula is C73H132O6. The van der Waals surface area contributed by atoms with E-state index in [0.29, 0.717) is 19.3 Å². The molecule has 0 aromatic rings. The number of unbranched alkanes of at least 4 members (excludes halogenated alkanes) is 43. The first kappa shape index (κ1) is 76.1. The van der Waals surface area contributed by atoms with Crippen molar-refractivity contribution in [3.8, 4) is 0 Å². The first-order valence-corrected chi connectivity index (χ1v) is 34.8. The highest BCUT2D eigenvalue weighted by Crippen LogP contribution is 2.18. The monoisotopic (exact) mass is 1110 g/mol. The van der Waals surface area contributed by atoms with Crippen LogP contribution in [0.15, 0.2) is 60.8 Å². The van der Waals surface area contributed by atoms with Gasteiger partial charge in [-0.1, -0.05) is 326 Å². The molecular weight excluding hydrogens is 973 g/mol. The summed E-state index contributed by atoms with van der Waals surface area (Å²) in [5, 5.41) is 0. The van der Waals surface area contributed by atoms with Crippen molar-refractivity contribution in [3.05, 3.63) is 60.8 Å². The zero-order chi connectivity index (χ0) is 57.1. The summed E-state index contributed by atoms with van der Waals surface area (Å²) in [4.78, 5) is 38.4. The number of ether oxygens (including phenoxy) is 3. The summed E-state index contributed by atoms with van der Waals surface area (Å²) < 4.78 is 17.0. The first-order valence-electron chi connectivity index (χ1n) is 34.8. The maximum Gasteiger partial charge on any atom is 0.306 e. The Hall–Kier alpha value is -2.89. The maximum atomic E-state index is 12.9. The summed E-state index contributed by atoms with van der Waals surface area (Å²) >= 11 is 0. The molecule has 1 unspecified atom stereocenters. The molecule has 0 saturated heterocycles. The van der Waals surface area contributed by atoms with Gasteiger partial charge in [-0.25, -0.2) is 0 Å². The zero-order valence-electron chi connectivity index (χ0n) is 52.9. The van der Waals surface area contributed by atoms with Gasteiger partial charge in [0.05, 0.1) is 0 Å². The van der Waals surface area contributed by atoms with Crippen molar-refractivity contribution in [1.82, 2.24) is 0 Å². The minimum atomic E-state index is -0.782. The molecule has 460 valence electrons. The lowest BCUT2D eigenvalue weighted by atomic mass is 10.0. The van der Waals surface area contributed by atoms with E-state index in [0.717, 1.165) is 96.3 Å². The van der Waals surface area contributed by atoms with E-state index < -0.39 is 6.10 Å². The molecule has 1 atom stereocenters. The quantitative estimate of drug-likeness (QED) is 0.0261. The van der Waals surface area contributed by atoms with Crippen LogP contribution in [0.1, 0.15) is 367 Å². The SMILES string of the molecule is CC/C=C\C/C=C\C/C=C\C/C=C\CCCCCCCCCCC(=O)OC(COC(=O)CCCCCCC/C=C\CCCCCC)COC(=O)CCCCCCCCCCCCCCCCCCCCCCCCCCCCC. The van der Waals surface area contributed by atoms with Crippen LogP contribution in [0.4, 0.5) is 0 Å². The number of hydrogen-bond donors (Lipinski definition) is 0. The lowest BCUT2D eigenvalue weighted by molar-refractivity contribution is -0.167. The Morgan fingerprint density at radius 3 is 0.797 bits per heavy atom. The van der Waals surface area contributed by atoms with Gasteiger partial charge in [0.25, 0.3) is 0 Å². The van der Waals surface area contributed by atoms with Crippen LogP contribution in [0.2, 0.25) is 0 Å². The fraction of sp³-hybridized carbons (Fsp3) is 0.822. The number of hydrogen-bond acceptors (Lipinski definition) is 6. The lowest BCUT2D eigenvalue weighted by Crippen LogP contribution is -2.30. The largest absolute Gasteiger partial charge is 0.462 e. The first-order chi connectivity index (χ1) is 39.0. The van der Waals surface area contributed by atoms with Crippen LogP contribution in [-0.2, 0) is 28.6 Å².